The molecule has 7 nitrogen and oxygen atoms in total. The van der Waals surface area contributed by atoms with E-state index in [-0.39, 0.29) is 19.8 Å². The molecule has 0 aliphatic carbocycles. The van der Waals surface area contributed by atoms with E-state index in [0.29, 0.717) is 19.3 Å². The minimum absolute atomic E-state index is 0.164. The lowest BCUT2D eigenvalue weighted by Gasteiger charge is -2.30. The fraction of sp³-hybridized carbons (Fsp3) is 0.900. The summed E-state index contributed by atoms with van der Waals surface area (Å²) in [6.45, 7) is 5.17. The lowest BCUT2D eigenvalue weighted by Crippen LogP contribution is -2.40. The monoisotopic (exact) mass is 390 g/mol. The summed E-state index contributed by atoms with van der Waals surface area (Å²) in [5.74, 6) is -1.47. The molecule has 0 bridgehead atoms. The molecular formula is C20H38O7. The molecule has 0 radical (unpaired) electrons. The molecule has 0 saturated carbocycles. The molecule has 0 spiro atoms. The zero-order chi connectivity index (χ0) is 20.7. The highest BCUT2D eigenvalue weighted by molar-refractivity contribution is 5.74. The molecule has 0 rings (SSSR count). The molecule has 0 aliphatic rings. The maximum Gasteiger partial charge on any atom is 0.334 e. The first-order chi connectivity index (χ1) is 12.9. The first-order valence-electron chi connectivity index (χ1n) is 10.2. The number of rotatable bonds is 16. The molecule has 0 fully saturated rings. The zero-order valence-electron chi connectivity index (χ0n) is 17.1. The number of esters is 2. The van der Waals surface area contributed by atoms with Crippen molar-refractivity contribution in [2.75, 3.05) is 19.8 Å². The first-order valence-corrected chi connectivity index (χ1v) is 10.2. The number of hydrogen-bond acceptors (Lipinski definition) is 7. The van der Waals surface area contributed by atoms with Gasteiger partial charge in [0.25, 0.3) is 0 Å². The van der Waals surface area contributed by atoms with Gasteiger partial charge in [-0.3, -0.25) is 0 Å². The molecule has 0 heterocycles. The van der Waals surface area contributed by atoms with Gasteiger partial charge in [0.05, 0.1) is 12.0 Å². The maximum absolute atomic E-state index is 11.9. The Morgan fingerprint density at radius 2 is 1.22 bits per heavy atom. The second kappa shape index (κ2) is 14.8. The standard InChI is InChI=1S/C20H38O7/c1-4-7-9-11-16(22)18(24)26-14-20(6-3,13-21)15-27-19(25)17(23)12-10-8-5-2/h16-17,21-23H,4-15H2,1-3H3. The molecule has 3 N–H and O–H groups in total. The second-order valence-corrected chi connectivity index (χ2v) is 7.25. The number of ether oxygens (including phenoxy) is 2. The molecule has 0 aromatic rings. The van der Waals surface area contributed by atoms with Crippen LogP contribution in [0.4, 0.5) is 0 Å². The van der Waals surface area contributed by atoms with Crippen LogP contribution in [0.1, 0.15) is 78.6 Å². The third kappa shape index (κ3) is 10.7. The average molecular weight is 391 g/mol. The Balaban J connectivity index is 4.48. The zero-order valence-corrected chi connectivity index (χ0v) is 17.1. The van der Waals surface area contributed by atoms with Crippen LogP contribution in [0.3, 0.4) is 0 Å². The van der Waals surface area contributed by atoms with Gasteiger partial charge < -0.3 is 24.8 Å². The molecule has 2 atom stereocenters. The average Bonchev–Trinajstić information content (AvgIpc) is 2.68. The number of hydrogen-bond donors (Lipinski definition) is 3. The predicted octanol–water partition coefficient (Wildman–Crippen LogP) is 2.34. The van der Waals surface area contributed by atoms with Crippen molar-refractivity contribution >= 4 is 11.9 Å². The fourth-order valence-corrected chi connectivity index (χ4v) is 2.50. The van der Waals surface area contributed by atoms with Crippen LogP contribution >= 0.6 is 0 Å². The van der Waals surface area contributed by atoms with Crippen molar-refractivity contribution in [3.8, 4) is 0 Å². The van der Waals surface area contributed by atoms with E-state index in [1.807, 2.05) is 13.8 Å². The van der Waals surface area contributed by atoms with Gasteiger partial charge in [-0.05, 0) is 19.3 Å². The summed E-state index contributed by atoms with van der Waals surface area (Å²) in [7, 11) is 0. The molecule has 2 unspecified atom stereocenters. The molecule has 0 aromatic carbocycles. The summed E-state index contributed by atoms with van der Waals surface area (Å²) in [4.78, 5) is 23.8. The van der Waals surface area contributed by atoms with Crippen molar-refractivity contribution in [2.24, 2.45) is 5.41 Å². The quantitative estimate of drug-likeness (QED) is 0.274. The summed E-state index contributed by atoms with van der Waals surface area (Å²) < 4.78 is 10.3. The van der Waals surface area contributed by atoms with Gasteiger partial charge in [-0.25, -0.2) is 9.59 Å². The van der Waals surface area contributed by atoms with Crippen LogP contribution in [0.5, 0.6) is 0 Å². The molecule has 27 heavy (non-hydrogen) atoms. The first kappa shape index (κ1) is 25.8. The van der Waals surface area contributed by atoms with E-state index in [4.69, 9.17) is 9.47 Å². The van der Waals surface area contributed by atoms with Gasteiger partial charge in [0.2, 0.25) is 0 Å². The maximum atomic E-state index is 11.9. The van der Waals surface area contributed by atoms with Crippen LogP contribution in [0.25, 0.3) is 0 Å². The Hall–Kier alpha value is -1.18. The van der Waals surface area contributed by atoms with Gasteiger partial charge in [-0.1, -0.05) is 59.3 Å². The van der Waals surface area contributed by atoms with E-state index in [1.165, 1.54) is 0 Å². The minimum Gasteiger partial charge on any atom is -0.463 e. The number of aliphatic hydroxyl groups excluding tert-OH is 3. The second-order valence-electron chi connectivity index (χ2n) is 7.25. The van der Waals surface area contributed by atoms with Crippen LogP contribution in [-0.4, -0.2) is 59.3 Å². The largest absolute Gasteiger partial charge is 0.463 e. The van der Waals surface area contributed by atoms with Crippen LogP contribution in [0.2, 0.25) is 0 Å². The number of aliphatic hydroxyl groups is 3. The van der Waals surface area contributed by atoms with Gasteiger partial charge in [0.1, 0.15) is 13.2 Å². The van der Waals surface area contributed by atoms with E-state index >= 15 is 0 Å². The van der Waals surface area contributed by atoms with E-state index in [2.05, 4.69) is 0 Å². The third-order valence-electron chi connectivity index (χ3n) is 4.83. The van der Waals surface area contributed by atoms with Crippen molar-refractivity contribution in [1.82, 2.24) is 0 Å². The van der Waals surface area contributed by atoms with Gasteiger partial charge in [0, 0.05) is 0 Å². The number of carbonyl (C=O) groups excluding carboxylic acids is 2. The molecular weight excluding hydrogens is 352 g/mol. The summed E-state index contributed by atoms with van der Waals surface area (Å²) in [5, 5.41) is 29.4. The van der Waals surface area contributed by atoms with Crippen molar-refractivity contribution in [2.45, 2.75) is 90.8 Å². The van der Waals surface area contributed by atoms with E-state index < -0.39 is 29.6 Å². The molecule has 0 aliphatic heterocycles. The highest BCUT2D eigenvalue weighted by Crippen LogP contribution is 2.23. The normalized spacial score (nSPS) is 15.6. The predicted molar refractivity (Wildman–Crippen MR) is 102 cm³/mol. The van der Waals surface area contributed by atoms with Crippen LogP contribution < -0.4 is 0 Å². The van der Waals surface area contributed by atoms with Crippen LogP contribution in [-0.2, 0) is 19.1 Å². The number of carbonyl (C=O) groups is 2. The summed E-state index contributed by atoms with van der Waals surface area (Å²) in [5.41, 5.74) is -0.947. The fourth-order valence-electron chi connectivity index (χ4n) is 2.50. The highest BCUT2D eigenvalue weighted by Gasteiger charge is 2.33. The lowest BCUT2D eigenvalue weighted by atomic mass is 9.88. The van der Waals surface area contributed by atoms with Gasteiger partial charge >= 0.3 is 11.9 Å². The van der Waals surface area contributed by atoms with Gasteiger partial charge in [-0.2, -0.15) is 0 Å². The van der Waals surface area contributed by atoms with Crippen molar-refractivity contribution in [1.29, 1.82) is 0 Å². The lowest BCUT2D eigenvalue weighted by molar-refractivity contribution is -0.167. The Morgan fingerprint density at radius 1 is 0.815 bits per heavy atom. The highest BCUT2D eigenvalue weighted by atomic mass is 16.6. The molecule has 0 amide bonds. The van der Waals surface area contributed by atoms with Gasteiger partial charge in [-0.15, -0.1) is 0 Å². The van der Waals surface area contributed by atoms with E-state index in [0.717, 1.165) is 38.5 Å². The van der Waals surface area contributed by atoms with E-state index in [1.54, 1.807) is 6.92 Å². The summed E-state index contributed by atoms with van der Waals surface area (Å²) in [6, 6.07) is 0. The third-order valence-corrected chi connectivity index (χ3v) is 4.83. The minimum atomic E-state index is -1.19. The Kier molecular flexibility index (Phi) is 14.2. The topological polar surface area (TPSA) is 113 Å². The summed E-state index contributed by atoms with van der Waals surface area (Å²) in [6.07, 6.45) is 4.00. The SMILES string of the molecule is CCCCCC(O)C(=O)OCC(CC)(CO)COC(=O)C(O)CCCCC. The number of unbranched alkanes of at least 4 members (excludes halogenated alkanes) is 4. The van der Waals surface area contributed by atoms with Crippen molar-refractivity contribution in [3.63, 3.8) is 0 Å². The van der Waals surface area contributed by atoms with Crippen molar-refractivity contribution < 1.29 is 34.4 Å². The Labute approximate surface area is 163 Å². The molecule has 7 heteroatoms. The molecule has 0 aromatic heterocycles. The van der Waals surface area contributed by atoms with Crippen LogP contribution in [0.15, 0.2) is 0 Å². The Morgan fingerprint density at radius 3 is 1.52 bits per heavy atom. The Bertz CT molecular complexity index is 373. The molecule has 0 saturated heterocycles. The smallest absolute Gasteiger partial charge is 0.334 e. The van der Waals surface area contributed by atoms with E-state index in [9.17, 15) is 24.9 Å². The summed E-state index contributed by atoms with van der Waals surface area (Å²) >= 11 is 0. The van der Waals surface area contributed by atoms with Gasteiger partial charge in [0.15, 0.2) is 12.2 Å². The van der Waals surface area contributed by atoms with Crippen LogP contribution in [0, 0.1) is 5.41 Å². The molecule has 160 valence electrons. The van der Waals surface area contributed by atoms with Crippen molar-refractivity contribution in [3.05, 3.63) is 0 Å².